The summed E-state index contributed by atoms with van der Waals surface area (Å²) in [5, 5.41) is -0.224. The van der Waals surface area contributed by atoms with Crippen LogP contribution in [0.25, 0.3) is 0 Å². The van der Waals surface area contributed by atoms with Crippen molar-refractivity contribution >= 4 is 23.4 Å². The molecule has 0 bridgehead atoms. The zero-order chi connectivity index (χ0) is 11.5. The highest BCUT2D eigenvalue weighted by atomic mass is 35.5. The summed E-state index contributed by atoms with van der Waals surface area (Å²) in [6.45, 7) is 3.44. The molecular weight excluding hydrogens is 249 g/mol. The van der Waals surface area contributed by atoms with E-state index >= 15 is 0 Å². The lowest BCUT2D eigenvalue weighted by Crippen LogP contribution is -2.09. The number of hydrogen-bond acceptors (Lipinski definition) is 3. The van der Waals surface area contributed by atoms with Gasteiger partial charge in [-0.15, -0.1) is 6.58 Å². The number of alkyl halides is 3. The molecule has 0 aromatic carbocycles. The third-order valence-corrected chi connectivity index (χ3v) is 2.33. The smallest absolute Gasteiger partial charge is 0.218 e. The molecule has 7 heteroatoms. The number of rotatable bonds is 3. The molecule has 0 fully saturated rings. The lowest BCUT2D eigenvalue weighted by Gasteiger charge is -2.06. The second kappa shape index (κ2) is 4.85. The summed E-state index contributed by atoms with van der Waals surface area (Å²) in [5.41, 5.74) is -1.03. The summed E-state index contributed by atoms with van der Waals surface area (Å²) in [6, 6.07) is 0.694. The number of hydrogen-bond donors (Lipinski definition) is 0. The van der Waals surface area contributed by atoms with Crippen LogP contribution in [0.1, 0.15) is 5.69 Å². The first-order valence-electron chi connectivity index (χ1n) is 3.79. The third-order valence-electron chi connectivity index (χ3n) is 1.30. The number of halogens is 4. The van der Waals surface area contributed by atoms with Gasteiger partial charge >= 0.3 is 6.18 Å². The normalized spacial score (nSPS) is 11.5. The molecule has 0 aliphatic carbocycles. The minimum Gasteiger partial charge on any atom is -0.218 e. The first kappa shape index (κ1) is 12.3. The highest BCUT2D eigenvalue weighted by molar-refractivity contribution is 7.99. The molecule has 0 aliphatic rings. The van der Waals surface area contributed by atoms with Crippen LogP contribution in [-0.4, -0.2) is 15.7 Å². The molecule has 1 heterocycles. The molecule has 0 saturated heterocycles. The van der Waals surface area contributed by atoms with Gasteiger partial charge in [-0.25, -0.2) is 9.97 Å². The Bertz CT molecular complexity index is 367. The van der Waals surface area contributed by atoms with Crippen molar-refractivity contribution in [1.29, 1.82) is 0 Å². The molecule has 0 saturated carbocycles. The molecule has 0 spiro atoms. The highest BCUT2D eigenvalue weighted by Gasteiger charge is 2.33. The average Bonchev–Trinajstić information content (AvgIpc) is 2.12. The molecule has 0 unspecified atom stereocenters. The van der Waals surface area contributed by atoms with Crippen LogP contribution in [0.2, 0.25) is 5.15 Å². The SMILES string of the molecule is C=CCSc1nc(Cl)cc(C(F)(F)F)n1. The van der Waals surface area contributed by atoms with Crippen molar-refractivity contribution in [3.63, 3.8) is 0 Å². The van der Waals surface area contributed by atoms with Gasteiger partial charge in [-0.2, -0.15) is 13.2 Å². The van der Waals surface area contributed by atoms with Crippen LogP contribution < -0.4 is 0 Å². The zero-order valence-electron chi connectivity index (χ0n) is 7.38. The Labute approximate surface area is 93.6 Å². The van der Waals surface area contributed by atoms with Crippen molar-refractivity contribution in [2.24, 2.45) is 0 Å². The van der Waals surface area contributed by atoms with E-state index < -0.39 is 11.9 Å². The molecule has 15 heavy (non-hydrogen) atoms. The Morgan fingerprint density at radius 2 is 2.13 bits per heavy atom. The fraction of sp³-hybridized carbons (Fsp3) is 0.250. The number of aromatic nitrogens is 2. The van der Waals surface area contributed by atoms with Crippen LogP contribution in [0.4, 0.5) is 13.2 Å². The van der Waals surface area contributed by atoms with Gasteiger partial charge in [0, 0.05) is 11.8 Å². The first-order valence-corrected chi connectivity index (χ1v) is 5.15. The molecule has 0 N–H and O–H groups in total. The van der Waals surface area contributed by atoms with Crippen molar-refractivity contribution in [2.45, 2.75) is 11.3 Å². The van der Waals surface area contributed by atoms with Crippen LogP contribution in [-0.2, 0) is 6.18 Å². The topological polar surface area (TPSA) is 25.8 Å². The average molecular weight is 255 g/mol. The van der Waals surface area contributed by atoms with Gasteiger partial charge in [0.2, 0.25) is 0 Å². The standard InChI is InChI=1S/C8H6ClF3N2S/c1-2-3-15-7-13-5(8(10,11)12)4-6(9)14-7/h2,4H,1,3H2. The van der Waals surface area contributed by atoms with Crippen LogP contribution in [0.15, 0.2) is 23.9 Å². The second-order valence-electron chi connectivity index (χ2n) is 2.46. The number of nitrogens with zero attached hydrogens (tertiary/aromatic N) is 2. The summed E-state index contributed by atoms with van der Waals surface area (Å²) < 4.78 is 36.9. The van der Waals surface area contributed by atoms with E-state index in [4.69, 9.17) is 11.6 Å². The fourth-order valence-corrected chi connectivity index (χ4v) is 1.57. The van der Waals surface area contributed by atoms with Gasteiger partial charge in [0.15, 0.2) is 10.9 Å². The van der Waals surface area contributed by atoms with E-state index in [0.29, 0.717) is 11.8 Å². The molecule has 2 nitrogen and oxygen atoms in total. The van der Waals surface area contributed by atoms with Gasteiger partial charge in [0.05, 0.1) is 0 Å². The Morgan fingerprint density at radius 1 is 1.47 bits per heavy atom. The summed E-state index contributed by atoms with van der Waals surface area (Å²) in [5.74, 6) is 0.428. The van der Waals surface area contributed by atoms with E-state index in [1.807, 2.05) is 0 Å². The van der Waals surface area contributed by atoms with Crippen molar-refractivity contribution in [1.82, 2.24) is 9.97 Å². The van der Waals surface area contributed by atoms with E-state index in [1.165, 1.54) is 0 Å². The molecule has 0 amide bonds. The van der Waals surface area contributed by atoms with Crippen LogP contribution >= 0.6 is 23.4 Å². The summed E-state index contributed by atoms with van der Waals surface area (Å²) in [6.07, 6.45) is -2.96. The van der Waals surface area contributed by atoms with Gasteiger partial charge in [-0.1, -0.05) is 29.4 Å². The zero-order valence-corrected chi connectivity index (χ0v) is 8.96. The van der Waals surface area contributed by atoms with Crippen LogP contribution in [0, 0.1) is 0 Å². The van der Waals surface area contributed by atoms with Crippen molar-refractivity contribution in [3.8, 4) is 0 Å². The predicted octanol–water partition coefficient (Wildman–Crippen LogP) is 3.43. The van der Waals surface area contributed by atoms with Gasteiger partial charge < -0.3 is 0 Å². The van der Waals surface area contributed by atoms with Gasteiger partial charge in [0.1, 0.15) is 5.15 Å². The summed E-state index contributed by atoms with van der Waals surface area (Å²) >= 11 is 6.48. The summed E-state index contributed by atoms with van der Waals surface area (Å²) in [7, 11) is 0. The predicted molar refractivity (Wildman–Crippen MR) is 53.0 cm³/mol. The highest BCUT2D eigenvalue weighted by Crippen LogP contribution is 2.30. The van der Waals surface area contributed by atoms with E-state index in [0.717, 1.165) is 11.8 Å². The monoisotopic (exact) mass is 254 g/mol. The Morgan fingerprint density at radius 3 is 2.67 bits per heavy atom. The van der Waals surface area contributed by atoms with E-state index in [9.17, 15) is 13.2 Å². The number of thioether (sulfide) groups is 1. The maximum absolute atomic E-state index is 12.3. The lowest BCUT2D eigenvalue weighted by atomic mass is 10.4. The maximum atomic E-state index is 12.3. The van der Waals surface area contributed by atoms with Crippen molar-refractivity contribution < 1.29 is 13.2 Å². The molecule has 1 rings (SSSR count). The maximum Gasteiger partial charge on any atom is 0.433 e. The minimum absolute atomic E-state index is 0.00488. The Hall–Kier alpha value is -0.750. The quantitative estimate of drug-likeness (QED) is 0.358. The second-order valence-corrected chi connectivity index (χ2v) is 3.83. The van der Waals surface area contributed by atoms with E-state index in [-0.39, 0.29) is 10.3 Å². The van der Waals surface area contributed by atoms with Crippen LogP contribution in [0.3, 0.4) is 0 Å². The van der Waals surface area contributed by atoms with Gasteiger partial charge in [0.25, 0.3) is 0 Å². The van der Waals surface area contributed by atoms with Gasteiger partial charge in [-0.05, 0) is 0 Å². The molecule has 0 aliphatic heterocycles. The Kier molecular flexibility index (Phi) is 3.98. The molecule has 82 valence electrons. The van der Waals surface area contributed by atoms with Crippen molar-refractivity contribution in [2.75, 3.05) is 5.75 Å². The fourth-order valence-electron chi connectivity index (χ4n) is 0.740. The Balaban J connectivity index is 3.00. The molecule has 1 aromatic heterocycles. The molecular formula is C8H6ClF3N2S. The van der Waals surface area contributed by atoms with Crippen molar-refractivity contribution in [3.05, 3.63) is 29.6 Å². The molecule has 0 atom stereocenters. The largest absolute Gasteiger partial charge is 0.433 e. The first-order chi connectivity index (χ1) is 6.93. The molecule has 1 aromatic rings. The summed E-state index contributed by atoms with van der Waals surface area (Å²) in [4.78, 5) is 6.99. The van der Waals surface area contributed by atoms with E-state index in [1.54, 1.807) is 6.08 Å². The van der Waals surface area contributed by atoms with Gasteiger partial charge in [-0.3, -0.25) is 0 Å². The van der Waals surface area contributed by atoms with E-state index in [2.05, 4.69) is 16.5 Å². The lowest BCUT2D eigenvalue weighted by molar-refractivity contribution is -0.141. The minimum atomic E-state index is -4.50. The van der Waals surface area contributed by atoms with Crippen LogP contribution in [0.5, 0.6) is 0 Å². The molecule has 0 radical (unpaired) electrons. The third kappa shape index (κ3) is 3.71.